The van der Waals surface area contributed by atoms with E-state index in [4.69, 9.17) is 4.74 Å². The molecular weight excluding hydrogens is 650 g/mol. The van der Waals surface area contributed by atoms with Crippen molar-refractivity contribution < 1.29 is 28.7 Å². The van der Waals surface area contributed by atoms with Crippen LogP contribution in [-0.2, 0) is 36.8 Å². The molecule has 2 aromatic carbocycles. The molecule has 0 saturated carbocycles. The van der Waals surface area contributed by atoms with Crippen molar-refractivity contribution >= 4 is 29.5 Å². The molecule has 2 bridgehead atoms. The molecule has 272 valence electrons. The molecule has 4 heterocycles. The normalized spacial score (nSPS) is 22.1. The summed E-state index contributed by atoms with van der Waals surface area (Å²) in [5, 5.41) is 16.0. The number of aryl methyl sites for hydroxylation is 1. The van der Waals surface area contributed by atoms with E-state index in [0.29, 0.717) is 37.3 Å². The van der Waals surface area contributed by atoms with Gasteiger partial charge in [0.1, 0.15) is 36.5 Å². The van der Waals surface area contributed by atoms with Gasteiger partial charge in [-0.3, -0.25) is 24.0 Å². The number of benzene rings is 2. The van der Waals surface area contributed by atoms with Crippen molar-refractivity contribution in [2.24, 2.45) is 5.92 Å². The van der Waals surface area contributed by atoms with Crippen LogP contribution < -0.4 is 26.0 Å². The van der Waals surface area contributed by atoms with E-state index in [2.05, 4.69) is 26.4 Å². The summed E-state index contributed by atoms with van der Waals surface area (Å²) in [4.78, 5) is 69.3. The van der Waals surface area contributed by atoms with Crippen LogP contribution in [0, 0.1) is 19.8 Å². The van der Waals surface area contributed by atoms with Crippen molar-refractivity contribution in [3.05, 3.63) is 77.1 Å². The zero-order chi connectivity index (χ0) is 36.7. The number of carbonyl (C=O) groups is 5. The third kappa shape index (κ3) is 9.33. The first-order valence-electron chi connectivity index (χ1n) is 17.7. The smallest absolute Gasteiger partial charge is 0.245 e. The zero-order valence-electron chi connectivity index (χ0n) is 30.0. The van der Waals surface area contributed by atoms with E-state index in [0.717, 1.165) is 22.5 Å². The van der Waals surface area contributed by atoms with E-state index >= 15 is 0 Å². The van der Waals surface area contributed by atoms with E-state index in [1.807, 2.05) is 70.2 Å². The fraction of sp³-hybridized carbons (Fsp3) is 0.474. The predicted molar refractivity (Wildman–Crippen MR) is 191 cm³/mol. The zero-order valence-corrected chi connectivity index (χ0v) is 30.0. The van der Waals surface area contributed by atoms with Crippen molar-refractivity contribution in [1.82, 2.24) is 35.9 Å². The molecule has 3 aromatic rings. The molecule has 0 unspecified atom stereocenters. The lowest BCUT2D eigenvalue weighted by Crippen LogP contribution is -2.58. The molecule has 13 nitrogen and oxygen atoms in total. The highest BCUT2D eigenvalue weighted by molar-refractivity contribution is 5.95. The van der Waals surface area contributed by atoms with Crippen LogP contribution in [0.3, 0.4) is 0 Å². The van der Waals surface area contributed by atoms with Crippen LogP contribution in [0.15, 0.2) is 54.6 Å². The number of nitrogens with one attached hydrogen (secondary N) is 4. The van der Waals surface area contributed by atoms with Gasteiger partial charge in [0.05, 0.1) is 24.3 Å². The molecule has 5 amide bonds. The standard InChI is InChI=1S/C38H49N7O6/c1-23(2)20-32-38(50)44-18-9-12-33(44)37(49)39-17-19-51-29-15-13-27(14-16-29)21-31(36(48)40-25(4)35(47)42-32)41-34(46)22-30-24(3)43-45(26(30)5)28-10-7-6-8-11-28/h6-8,10-11,13-16,23,25,31-33H,9,12,17-22H2,1-5H3,(H,39,49)(H,40,48)(H,41,46)(H,42,47)/t25-,31+,32+,33-/m1/s1. The average molecular weight is 700 g/mol. The quantitative estimate of drug-likeness (QED) is 0.307. The van der Waals surface area contributed by atoms with Crippen LogP contribution in [0.5, 0.6) is 5.75 Å². The van der Waals surface area contributed by atoms with E-state index in [-0.39, 0.29) is 49.6 Å². The molecule has 51 heavy (non-hydrogen) atoms. The van der Waals surface area contributed by atoms with Gasteiger partial charge in [-0.05, 0) is 75.8 Å². The fourth-order valence-electron chi connectivity index (χ4n) is 6.66. The minimum atomic E-state index is -1.02. The van der Waals surface area contributed by atoms with E-state index < -0.39 is 36.0 Å². The lowest BCUT2D eigenvalue weighted by atomic mass is 10.0. The van der Waals surface area contributed by atoms with Crippen molar-refractivity contribution in [2.45, 2.75) is 90.9 Å². The first-order valence-corrected chi connectivity index (χ1v) is 17.7. The molecule has 1 aromatic heterocycles. The molecule has 3 aliphatic heterocycles. The van der Waals surface area contributed by atoms with Gasteiger partial charge >= 0.3 is 0 Å². The fourth-order valence-corrected chi connectivity index (χ4v) is 6.66. The molecule has 0 spiro atoms. The monoisotopic (exact) mass is 699 g/mol. The second-order valence-corrected chi connectivity index (χ2v) is 13.8. The predicted octanol–water partition coefficient (Wildman–Crippen LogP) is 2.29. The Morgan fingerprint density at radius 2 is 1.71 bits per heavy atom. The van der Waals surface area contributed by atoms with Crippen molar-refractivity contribution in [1.29, 1.82) is 0 Å². The Hall–Kier alpha value is -5.20. The Kier molecular flexibility index (Phi) is 12.1. The topological polar surface area (TPSA) is 164 Å². The van der Waals surface area contributed by atoms with Gasteiger partial charge in [-0.15, -0.1) is 0 Å². The SMILES string of the molecule is Cc1nn(-c2ccccc2)c(C)c1CC(=O)N[C@H]1Cc2ccc(cc2)OCCNC(=O)[C@H]2CCCN2C(=O)[C@H](CC(C)C)NC(=O)[C@@H](C)NC1=O. The Morgan fingerprint density at radius 1 is 0.980 bits per heavy atom. The molecule has 6 rings (SSSR count). The highest BCUT2D eigenvalue weighted by atomic mass is 16.5. The van der Waals surface area contributed by atoms with Crippen molar-refractivity contribution in [3.63, 3.8) is 0 Å². The van der Waals surface area contributed by atoms with Crippen LogP contribution in [-0.4, -0.2) is 88.1 Å². The molecule has 3 aliphatic rings. The van der Waals surface area contributed by atoms with Gasteiger partial charge in [0, 0.05) is 24.2 Å². The number of para-hydroxylation sites is 1. The maximum absolute atomic E-state index is 13.8. The molecule has 1 saturated heterocycles. The number of fused-ring (bicyclic) bond motifs is 14. The summed E-state index contributed by atoms with van der Waals surface area (Å²) in [6, 6.07) is 13.2. The molecule has 13 heteroatoms. The Labute approximate surface area is 298 Å². The number of ether oxygens (including phenoxy) is 1. The molecular formula is C38H49N7O6. The van der Waals surface area contributed by atoms with Crippen LogP contribution in [0.25, 0.3) is 5.69 Å². The maximum atomic E-state index is 13.8. The number of aromatic nitrogens is 2. The number of hydrogen-bond donors (Lipinski definition) is 4. The van der Waals surface area contributed by atoms with Crippen LogP contribution in [0.1, 0.15) is 62.5 Å². The van der Waals surface area contributed by atoms with Crippen molar-refractivity contribution in [3.8, 4) is 11.4 Å². The summed E-state index contributed by atoms with van der Waals surface area (Å²) >= 11 is 0. The van der Waals surface area contributed by atoms with E-state index in [9.17, 15) is 24.0 Å². The highest BCUT2D eigenvalue weighted by Gasteiger charge is 2.38. The Balaban J connectivity index is 1.37. The highest BCUT2D eigenvalue weighted by Crippen LogP contribution is 2.22. The lowest BCUT2D eigenvalue weighted by molar-refractivity contribution is -0.142. The number of amides is 5. The van der Waals surface area contributed by atoms with Gasteiger partial charge in [-0.1, -0.05) is 44.2 Å². The summed E-state index contributed by atoms with van der Waals surface area (Å²) in [6.45, 7) is 10.1. The summed E-state index contributed by atoms with van der Waals surface area (Å²) in [7, 11) is 0. The number of nitrogens with zero attached hydrogens (tertiary/aromatic N) is 3. The molecule has 4 N–H and O–H groups in total. The van der Waals surface area contributed by atoms with E-state index in [1.165, 1.54) is 6.92 Å². The van der Waals surface area contributed by atoms with Gasteiger partial charge in [0.15, 0.2) is 0 Å². The van der Waals surface area contributed by atoms with Gasteiger partial charge in [0.2, 0.25) is 29.5 Å². The first kappa shape index (κ1) is 37.1. The van der Waals surface area contributed by atoms with Crippen LogP contribution in [0.4, 0.5) is 0 Å². The van der Waals surface area contributed by atoms with E-state index in [1.54, 1.807) is 21.7 Å². The van der Waals surface area contributed by atoms with Crippen LogP contribution >= 0.6 is 0 Å². The summed E-state index contributed by atoms with van der Waals surface area (Å²) < 4.78 is 7.64. The summed E-state index contributed by atoms with van der Waals surface area (Å²) in [6.07, 6.45) is 1.70. The molecule has 0 radical (unpaired) electrons. The van der Waals surface area contributed by atoms with Gasteiger partial charge in [-0.2, -0.15) is 5.10 Å². The van der Waals surface area contributed by atoms with Gasteiger partial charge in [0.25, 0.3) is 0 Å². The first-order chi connectivity index (χ1) is 24.4. The maximum Gasteiger partial charge on any atom is 0.245 e. The third-order valence-electron chi connectivity index (χ3n) is 9.38. The summed E-state index contributed by atoms with van der Waals surface area (Å²) in [5.74, 6) is -1.39. The van der Waals surface area contributed by atoms with Crippen LogP contribution in [0.2, 0.25) is 0 Å². The lowest BCUT2D eigenvalue weighted by Gasteiger charge is -2.30. The second-order valence-electron chi connectivity index (χ2n) is 13.8. The van der Waals surface area contributed by atoms with Crippen molar-refractivity contribution in [2.75, 3.05) is 19.7 Å². The summed E-state index contributed by atoms with van der Waals surface area (Å²) in [5.41, 5.74) is 3.92. The van der Waals surface area contributed by atoms with Gasteiger partial charge < -0.3 is 30.9 Å². The third-order valence-corrected chi connectivity index (χ3v) is 9.38. The number of hydrogen-bond acceptors (Lipinski definition) is 7. The molecule has 4 atom stereocenters. The largest absolute Gasteiger partial charge is 0.492 e. The molecule has 0 aliphatic carbocycles. The average Bonchev–Trinajstić information content (AvgIpc) is 3.70. The van der Waals surface area contributed by atoms with Gasteiger partial charge in [-0.25, -0.2) is 4.68 Å². The second kappa shape index (κ2) is 16.7. The minimum absolute atomic E-state index is 0.00409. The Morgan fingerprint density at radius 3 is 2.41 bits per heavy atom. The minimum Gasteiger partial charge on any atom is -0.492 e. The number of carbonyl (C=O) groups excluding carboxylic acids is 5. The molecule has 1 fully saturated rings. The number of rotatable bonds is 6. The Bertz CT molecular complexity index is 1720.